The van der Waals surface area contributed by atoms with Crippen molar-refractivity contribution in [2.45, 2.75) is 26.1 Å². The summed E-state index contributed by atoms with van der Waals surface area (Å²) in [5, 5.41) is 11.2. The Morgan fingerprint density at radius 1 is 1.06 bits per heavy atom. The molecule has 1 aliphatic rings. The molecular weight excluding hydrogens is 456 g/mol. The Morgan fingerprint density at radius 3 is 2.58 bits per heavy atom. The molecule has 0 spiro atoms. The molecule has 1 atom stereocenters. The third-order valence-corrected chi connectivity index (χ3v) is 6.06. The van der Waals surface area contributed by atoms with Gasteiger partial charge in [-0.2, -0.15) is 0 Å². The maximum absolute atomic E-state index is 13.1. The molecular formula is C29H24N2O5. The van der Waals surface area contributed by atoms with Gasteiger partial charge in [-0.15, -0.1) is 0 Å². The summed E-state index contributed by atoms with van der Waals surface area (Å²) in [4.78, 5) is 31.7. The molecule has 2 aromatic heterocycles. The maximum Gasteiger partial charge on any atom is 0.296 e. The second-order valence-electron chi connectivity index (χ2n) is 8.59. The summed E-state index contributed by atoms with van der Waals surface area (Å²) in [5.74, 6) is -0.571. The minimum Gasteiger partial charge on any atom is -0.507 e. The van der Waals surface area contributed by atoms with Gasteiger partial charge in [-0.25, -0.2) is 0 Å². The molecule has 0 saturated carbocycles. The summed E-state index contributed by atoms with van der Waals surface area (Å²) in [6.45, 7) is 2.52. The molecule has 180 valence electrons. The van der Waals surface area contributed by atoms with Crippen molar-refractivity contribution in [2.24, 2.45) is 0 Å². The van der Waals surface area contributed by atoms with Crippen LogP contribution in [-0.2, 0) is 22.7 Å². The fourth-order valence-corrected chi connectivity index (χ4v) is 4.33. The number of carbonyl (C=O) groups excluding carboxylic acids is 2. The second kappa shape index (κ2) is 9.92. The van der Waals surface area contributed by atoms with Crippen molar-refractivity contribution in [1.82, 2.24) is 9.88 Å². The number of ether oxygens (including phenoxy) is 1. The topological polar surface area (TPSA) is 92.9 Å². The first-order chi connectivity index (χ1) is 17.5. The highest BCUT2D eigenvalue weighted by molar-refractivity contribution is 6.46. The number of ketones is 1. The van der Waals surface area contributed by atoms with Crippen LogP contribution in [0.5, 0.6) is 5.75 Å². The third-order valence-electron chi connectivity index (χ3n) is 6.06. The number of nitrogens with zero attached hydrogens (tertiary/aromatic N) is 2. The molecule has 0 unspecified atom stereocenters. The molecule has 1 saturated heterocycles. The van der Waals surface area contributed by atoms with E-state index in [1.165, 1.54) is 11.2 Å². The average Bonchev–Trinajstić information content (AvgIpc) is 3.50. The first-order valence-electron chi connectivity index (χ1n) is 11.5. The molecule has 2 aromatic carbocycles. The van der Waals surface area contributed by atoms with Gasteiger partial charge in [0.2, 0.25) is 0 Å². The van der Waals surface area contributed by atoms with E-state index in [0.717, 1.165) is 11.1 Å². The number of aryl methyl sites for hydroxylation is 1. The molecule has 0 radical (unpaired) electrons. The number of hydrogen-bond donors (Lipinski definition) is 1. The van der Waals surface area contributed by atoms with Gasteiger partial charge in [0.1, 0.15) is 23.9 Å². The monoisotopic (exact) mass is 480 g/mol. The number of likely N-dealkylation sites (tertiary alicyclic amines) is 1. The number of furan rings is 1. The number of rotatable bonds is 7. The second-order valence-corrected chi connectivity index (χ2v) is 8.59. The van der Waals surface area contributed by atoms with Crippen LogP contribution in [0.2, 0.25) is 0 Å². The summed E-state index contributed by atoms with van der Waals surface area (Å²) in [5.41, 5.74) is 3.23. The normalized spacial score (nSPS) is 16.9. The van der Waals surface area contributed by atoms with E-state index in [4.69, 9.17) is 9.15 Å². The molecule has 1 N–H and O–H groups in total. The third kappa shape index (κ3) is 4.63. The lowest BCUT2D eigenvalue weighted by Gasteiger charge is -2.24. The SMILES string of the molecule is Cc1cccc(COc2ccc(C(O)=C3C(=O)C(=O)N(Cc4ccco4)[C@H]3c3cccnc3)cc2)c1. The van der Waals surface area contributed by atoms with E-state index in [-0.39, 0.29) is 17.9 Å². The average molecular weight is 481 g/mol. The molecule has 7 nitrogen and oxygen atoms in total. The van der Waals surface area contributed by atoms with Gasteiger partial charge in [0, 0.05) is 18.0 Å². The highest BCUT2D eigenvalue weighted by Crippen LogP contribution is 2.40. The van der Waals surface area contributed by atoms with Crippen LogP contribution >= 0.6 is 0 Å². The van der Waals surface area contributed by atoms with E-state index < -0.39 is 17.7 Å². The fourth-order valence-electron chi connectivity index (χ4n) is 4.33. The van der Waals surface area contributed by atoms with E-state index in [9.17, 15) is 14.7 Å². The maximum atomic E-state index is 13.1. The summed E-state index contributed by atoms with van der Waals surface area (Å²) in [7, 11) is 0. The van der Waals surface area contributed by atoms with Gasteiger partial charge in [-0.1, -0.05) is 35.9 Å². The molecule has 7 heteroatoms. The van der Waals surface area contributed by atoms with Gasteiger partial charge in [-0.3, -0.25) is 14.6 Å². The van der Waals surface area contributed by atoms with E-state index in [2.05, 4.69) is 11.1 Å². The predicted molar refractivity (Wildman–Crippen MR) is 133 cm³/mol. The molecule has 0 bridgehead atoms. The van der Waals surface area contributed by atoms with Gasteiger partial charge in [0.05, 0.1) is 24.4 Å². The molecule has 5 rings (SSSR count). The van der Waals surface area contributed by atoms with Crippen LogP contribution in [0.25, 0.3) is 5.76 Å². The molecule has 1 amide bonds. The predicted octanol–water partition coefficient (Wildman–Crippen LogP) is 5.18. The Morgan fingerprint density at radius 2 is 1.89 bits per heavy atom. The number of carbonyl (C=O) groups is 2. The summed E-state index contributed by atoms with van der Waals surface area (Å²) in [6, 6.07) is 21.0. The van der Waals surface area contributed by atoms with Crippen molar-refractivity contribution >= 4 is 17.4 Å². The Bertz CT molecular complexity index is 1410. The lowest BCUT2D eigenvalue weighted by Crippen LogP contribution is -2.29. The van der Waals surface area contributed by atoms with Crippen LogP contribution in [0.3, 0.4) is 0 Å². The van der Waals surface area contributed by atoms with Gasteiger partial charge in [-0.05, 0) is 60.5 Å². The highest BCUT2D eigenvalue weighted by atomic mass is 16.5. The highest BCUT2D eigenvalue weighted by Gasteiger charge is 2.46. The van der Waals surface area contributed by atoms with Crippen LogP contribution in [0.4, 0.5) is 0 Å². The lowest BCUT2D eigenvalue weighted by atomic mass is 9.96. The molecule has 3 heterocycles. The molecule has 0 aliphatic carbocycles. The first kappa shape index (κ1) is 23.1. The van der Waals surface area contributed by atoms with Gasteiger partial charge >= 0.3 is 0 Å². The van der Waals surface area contributed by atoms with Crippen molar-refractivity contribution in [1.29, 1.82) is 0 Å². The first-order valence-corrected chi connectivity index (χ1v) is 11.5. The van der Waals surface area contributed by atoms with E-state index in [1.807, 2.05) is 25.1 Å². The van der Waals surface area contributed by atoms with Crippen molar-refractivity contribution in [2.75, 3.05) is 0 Å². The number of aliphatic hydroxyl groups is 1. The molecule has 4 aromatic rings. The summed E-state index contributed by atoms with van der Waals surface area (Å²) in [6.07, 6.45) is 4.70. The fraction of sp³-hybridized carbons (Fsp3) is 0.138. The van der Waals surface area contributed by atoms with Crippen molar-refractivity contribution in [3.63, 3.8) is 0 Å². The lowest BCUT2D eigenvalue weighted by molar-refractivity contribution is -0.140. The van der Waals surface area contributed by atoms with Gasteiger partial charge < -0.3 is 19.2 Å². The van der Waals surface area contributed by atoms with Crippen molar-refractivity contribution in [3.8, 4) is 5.75 Å². The Hall–Kier alpha value is -4.65. The molecule has 1 aliphatic heterocycles. The number of pyridine rings is 1. The van der Waals surface area contributed by atoms with Crippen molar-refractivity contribution in [3.05, 3.63) is 125 Å². The molecule has 1 fully saturated rings. The van der Waals surface area contributed by atoms with Crippen LogP contribution in [0.1, 0.15) is 34.1 Å². The smallest absolute Gasteiger partial charge is 0.296 e. The minimum atomic E-state index is -0.805. The van der Waals surface area contributed by atoms with E-state index in [1.54, 1.807) is 60.9 Å². The van der Waals surface area contributed by atoms with Gasteiger partial charge in [0.15, 0.2) is 0 Å². The minimum absolute atomic E-state index is 0.00739. The number of aliphatic hydroxyl groups excluding tert-OH is 1. The van der Waals surface area contributed by atoms with Crippen LogP contribution < -0.4 is 4.74 Å². The quantitative estimate of drug-likeness (QED) is 0.222. The van der Waals surface area contributed by atoms with Gasteiger partial charge in [0.25, 0.3) is 11.7 Å². The zero-order valence-corrected chi connectivity index (χ0v) is 19.6. The number of benzene rings is 2. The van der Waals surface area contributed by atoms with E-state index >= 15 is 0 Å². The van der Waals surface area contributed by atoms with Crippen LogP contribution in [-0.4, -0.2) is 26.7 Å². The van der Waals surface area contributed by atoms with E-state index in [0.29, 0.717) is 29.2 Å². The van der Waals surface area contributed by atoms with Crippen LogP contribution in [0.15, 0.2) is 101 Å². The summed E-state index contributed by atoms with van der Waals surface area (Å²) < 4.78 is 11.3. The number of aromatic nitrogens is 1. The number of Topliss-reactive ketones (excluding diaryl/α,β-unsaturated/α-hetero) is 1. The number of hydrogen-bond acceptors (Lipinski definition) is 6. The zero-order valence-electron chi connectivity index (χ0n) is 19.6. The van der Waals surface area contributed by atoms with Crippen LogP contribution in [0, 0.1) is 6.92 Å². The Kier molecular flexibility index (Phi) is 6.36. The number of amides is 1. The van der Waals surface area contributed by atoms with Crippen molar-refractivity contribution < 1.29 is 23.8 Å². The molecule has 36 heavy (non-hydrogen) atoms. The summed E-state index contributed by atoms with van der Waals surface area (Å²) >= 11 is 0. The largest absolute Gasteiger partial charge is 0.507 e. The Labute approximate surface area is 208 Å². The zero-order chi connectivity index (χ0) is 25.1. The Balaban J connectivity index is 1.45. The standard InChI is InChI=1S/C29H24N2O5/c1-19-5-2-6-20(15-19)18-36-23-11-9-21(10-12-23)27(32)25-26(22-7-3-13-30-16-22)31(29(34)28(25)33)17-24-8-4-14-35-24/h2-16,26,32H,17-18H2,1H3/t26-/m0/s1.